The Balaban J connectivity index is 2.42. The zero-order valence-corrected chi connectivity index (χ0v) is 11.8. The highest BCUT2D eigenvalue weighted by Crippen LogP contribution is 2.47. The highest BCUT2D eigenvalue weighted by molar-refractivity contribution is 5.26. The average molecular weight is 263 g/mol. The number of hydrogen-bond acceptors (Lipinski definition) is 3. The topological polar surface area (TPSA) is 55.5 Å². The van der Waals surface area contributed by atoms with E-state index in [-0.39, 0.29) is 5.41 Å². The molecule has 2 rings (SSSR count). The van der Waals surface area contributed by atoms with E-state index in [1.165, 1.54) is 0 Å². The summed E-state index contributed by atoms with van der Waals surface area (Å²) in [5.74, 6) is 0. The summed E-state index contributed by atoms with van der Waals surface area (Å²) in [5, 5.41) is 11.4. The minimum absolute atomic E-state index is 0.359. The van der Waals surface area contributed by atoms with Crippen molar-refractivity contribution in [3.8, 4) is 0 Å². The predicted octanol–water partition coefficient (Wildman–Crippen LogP) is 2.43. The first-order valence-corrected chi connectivity index (χ1v) is 7.24. The SMILES string of the molecule is CCCC(O)(c1ccccc1)C1(CN)CCCOC1. The maximum Gasteiger partial charge on any atom is 0.0986 e. The highest BCUT2D eigenvalue weighted by atomic mass is 16.5. The summed E-state index contributed by atoms with van der Waals surface area (Å²) in [5.41, 5.74) is 5.77. The molecule has 3 N–H and O–H groups in total. The summed E-state index contributed by atoms with van der Waals surface area (Å²) >= 11 is 0. The van der Waals surface area contributed by atoms with E-state index in [1.54, 1.807) is 0 Å². The Morgan fingerprint density at radius 2 is 2.11 bits per heavy atom. The smallest absolute Gasteiger partial charge is 0.0986 e. The predicted molar refractivity (Wildman–Crippen MR) is 76.8 cm³/mol. The molecule has 0 aromatic heterocycles. The zero-order chi connectivity index (χ0) is 13.8. The van der Waals surface area contributed by atoms with Crippen molar-refractivity contribution in [3.63, 3.8) is 0 Å². The first kappa shape index (κ1) is 14.5. The minimum Gasteiger partial charge on any atom is -0.384 e. The van der Waals surface area contributed by atoms with Gasteiger partial charge in [0, 0.05) is 18.6 Å². The molecule has 1 aliphatic rings. The maximum atomic E-state index is 11.4. The second kappa shape index (κ2) is 6.04. The second-order valence-electron chi connectivity index (χ2n) is 5.62. The minimum atomic E-state index is -0.891. The first-order valence-electron chi connectivity index (χ1n) is 7.24. The molecule has 1 aromatic carbocycles. The van der Waals surface area contributed by atoms with Crippen LogP contribution in [-0.2, 0) is 10.3 Å². The Morgan fingerprint density at radius 1 is 1.37 bits per heavy atom. The summed E-state index contributed by atoms with van der Waals surface area (Å²) in [7, 11) is 0. The van der Waals surface area contributed by atoms with Gasteiger partial charge in [-0.25, -0.2) is 0 Å². The number of aliphatic hydroxyl groups is 1. The molecular formula is C16H25NO2. The normalized spacial score (nSPS) is 26.9. The van der Waals surface area contributed by atoms with Gasteiger partial charge in [0.1, 0.15) is 0 Å². The van der Waals surface area contributed by atoms with Gasteiger partial charge in [-0.1, -0.05) is 43.7 Å². The Bertz CT molecular complexity index is 387. The largest absolute Gasteiger partial charge is 0.384 e. The summed E-state index contributed by atoms with van der Waals surface area (Å²) in [6.45, 7) is 3.88. The first-order chi connectivity index (χ1) is 9.18. The molecule has 1 aliphatic heterocycles. The lowest BCUT2D eigenvalue weighted by molar-refractivity contribution is -0.154. The zero-order valence-electron chi connectivity index (χ0n) is 11.8. The van der Waals surface area contributed by atoms with E-state index in [0.717, 1.165) is 37.9 Å². The van der Waals surface area contributed by atoms with Gasteiger partial charge >= 0.3 is 0 Å². The third-order valence-corrected chi connectivity index (χ3v) is 4.45. The summed E-state index contributed by atoms with van der Waals surface area (Å²) < 4.78 is 5.65. The van der Waals surface area contributed by atoms with Crippen LogP contribution in [0, 0.1) is 5.41 Å². The molecule has 3 nitrogen and oxygen atoms in total. The summed E-state index contributed by atoms with van der Waals surface area (Å²) in [6, 6.07) is 9.93. The molecule has 3 heteroatoms. The fraction of sp³-hybridized carbons (Fsp3) is 0.625. The molecule has 0 saturated carbocycles. The van der Waals surface area contributed by atoms with Crippen LogP contribution in [-0.4, -0.2) is 24.9 Å². The molecule has 0 radical (unpaired) electrons. The van der Waals surface area contributed by atoms with E-state index in [1.807, 2.05) is 30.3 Å². The average Bonchev–Trinajstić information content (AvgIpc) is 2.49. The van der Waals surface area contributed by atoms with Gasteiger partial charge in [-0.15, -0.1) is 0 Å². The van der Waals surface area contributed by atoms with Crippen LogP contribution >= 0.6 is 0 Å². The molecule has 0 amide bonds. The molecule has 0 bridgehead atoms. The molecule has 2 atom stereocenters. The molecular weight excluding hydrogens is 238 g/mol. The van der Waals surface area contributed by atoms with Crippen LogP contribution in [0.15, 0.2) is 30.3 Å². The van der Waals surface area contributed by atoms with E-state index >= 15 is 0 Å². The van der Waals surface area contributed by atoms with Crippen LogP contribution < -0.4 is 5.73 Å². The highest BCUT2D eigenvalue weighted by Gasteiger charge is 2.50. The molecule has 1 aromatic rings. The lowest BCUT2D eigenvalue weighted by Crippen LogP contribution is -2.55. The van der Waals surface area contributed by atoms with Gasteiger partial charge in [0.15, 0.2) is 0 Å². The summed E-state index contributed by atoms with van der Waals surface area (Å²) in [6.07, 6.45) is 3.54. The third kappa shape index (κ3) is 2.55. The van der Waals surface area contributed by atoms with Crippen molar-refractivity contribution in [1.82, 2.24) is 0 Å². The van der Waals surface area contributed by atoms with Gasteiger partial charge in [0.05, 0.1) is 12.2 Å². The number of nitrogens with two attached hydrogens (primary N) is 1. The van der Waals surface area contributed by atoms with Gasteiger partial charge in [-0.2, -0.15) is 0 Å². The maximum absolute atomic E-state index is 11.4. The lowest BCUT2D eigenvalue weighted by Gasteiger charge is -2.49. The number of ether oxygens (including phenoxy) is 1. The third-order valence-electron chi connectivity index (χ3n) is 4.45. The fourth-order valence-corrected chi connectivity index (χ4v) is 3.30. The van der Waals surface area contributed by atoms with E-state index in [4.69, 9.17) is 10.5 Å². The monoisotopic (exact) mass is 263 g/mol. The molecule has 0 aliphatic carbocycles. The van der Waals surface area contributed by atoms with Gasteiger partial charge < -0.3 is 15.6 Å². The van der Waals surface area contributed by atoms with Crippen LogP contribution in [0.5, 0.6) is 0 Å². The molecule has 1 fully saturated rings. The molecule has 1 heterocycles. The van der Waals surface area contributed by atoms with Gasteiger partial charge in [0.25, 0.3) is 0 Å². The Labute approximate surface area is 115 Å². The Hall–Kier alpha value is -0.900. The fourth-order valence-electron chi connectivity index (χ4n) is 3.30. The van der Waals surface area contributed by atoms with Gasteiger partial charge in [0.2, 0.25) is 0 Å². The van der Waals surface area contributed by atoms with Crippen LogP contribution in [0.3, 0.4) is 0 Å². The molecule has 0 spiro atoms. The molecule has 106 valence electrons. The van der Waals surface area contributed by atoms with E-state index < -0.39 is 5.60 Å². The van der Waals surface area contributed by atoms with E-state index in [9.17, 15) is 5.11 Å². The van der Waals surface area contributed by atoms with E-state index in [2.05, 4.69) is 6.92 Å². The molecule has 19 heavy (non-hydrogen) atoms. The number of hydrogen-bond donors (Lipinski definition) is 2. The quantitative estimate of drug-likeness (QED) is 0.858. The van der Waals surface area contributed by atoms with Crippen molar-refractivity contribution in [3.05, 3.63) is 35.9 Å². The Morgan fingerprint density at radius 3 is 2.63 bits per heavy atom. The van der Waals surface area contributed by atoms with Crippen molar-refractivity contribution < 1.29 is 9.84 Å². The van der Waals surface area contributed by atoms with Crippen molar-refractivity contribution in [2.75, 3.05) is 19.8 Å². The van der Waals surface area contributed by atoms with Gasteiger partial charge in [-0.05, 0) is 24.8 Å². The van der Waals surface area contributed by atoms with E-state index in [0.29, 0.717) is 13.2 Å². The number of benzene rings is 1. The van der Waals surface area contributed by atoms with Crippen molar-refractivity contribution >= 4 is 0 Å². The number of rotatable bonds is 5. The summed E-state index contributed by atoms with van der Waals surface area (Å²) in [4.78, 5) is 0. The van der Waals surface area contributed by atoms with Crippen molar-refractivity contribution in [1.29, 1.82) is 0 Å². The molecule has 1 saturated heterocycles. The molecule has 2 unspecified atom stereocenters. The van der Waals surface area contributed by atoms with Gasteiger partial charge in [-0.3, -0.25) is 0 Å². The second-order valence-corrected chi connectivity index (χ2v) is 5.62. The Kier molecular flexibility index (Phi) is 4.61. The van der Waals surface area contributed by atoms with Crippen LogP contribution in [0.1, 0.15) is 38.2 Å². The lowest BCUT2D eigenvalue weighted by atomic mass is 9.63. The van der Waals surface area contributed by atoms with Crippen LogP contribution in [0.4, 0.5) is 0 Å². The van der Waals surface area contributed by atoms with Crippen LogP contribution in [0.25, 0.3) is 0 Å². The van der Waals surface area contributed by atoms with Crippen molar-refractivity contribution in [2.24, 2.45) is 11.1 Å². The standard InChI is InChI=1S/C16H25NO2/c1-2-9-16(18,14-7-4-3-5-8-14)15(12-17)10-6-11-19-13-15/h3-5,7-8,18H,2,6,9-13,17H2,1H3. The van der Waals surface area contributed by atoms with Crippen LogP contribution in [0.2, 0.25) is 0 Å². The van der Waals surface area contributed by atoms with Crippen molar-refractivity contribution in [2.45, 2.75) is 38.2 Å².